The minimum absolute atomic E-state index is 0.103. The minimum atomic E-state index is -0.380. The van der Waals surface area contributed by atoms with Crippen LogP contribution in [0.5, 0.6) is 0 Å². The normalized spacial score (nSPS) is 10.9. The van der Waals surface area contributed by atoms with Crippen molar-refractivity contribution in [3.63, 3.8) is 0 Å². The fourth-order valence-corrected chi connectivity index (χ4v) is 1.77. The molecule has 0 N–H and O–H groups in total. The molecule has 94 valence electrons. The number of benzene rings is 1. The van der Waals surface area contributed by atoms with Crippen LogP contribution in [-0.4, -0.2) is 19.7 Å². The molecule has 6 heteroatoms. The number of nitrogens with zero attached hydrogens (tertiary/aromatic N) is 4. The van der Waals surface area contributed by atoms with Gasteiger partial charge in [-0.25, -0.2) is 0 Å². The molecular weight excluding hydrogens is 232 g/mol. The van der Waals surface area contributed by atoms with Gasteiger partial charge in [0.15, 0.2) is 5.82 Å². The van der Waals surface area contributed by atoms with Gasteiger partial charge in [-0.15, -0.1) is 10.2 Å². The monoisotopic (exact) mass is 246 g/mol. The first-order valence-electron chi connectivity index (χ1n) is 5.65. The SMILES string of the molecule is Cc1ccc(-c2nncn2C(C)C)cc1[N+](=O)[O-]. The molecule has 0 saturated heterocycles. The van der Waals surface area contributed by atoms with Gasteiger partial charge in [-0.05, 0) is 20.8 Å². The lowest BCUT2D eigenvalue weighted by molar-refractivity contribution is -0.385. The second-order valence-corrected chi connectivity index (χ2v) is 4.41. The molecule has 1 aromatic carbocycles. The molecule has 0 aliphatic rings. The molecule has 0 radical (unpaired) electrons. The molecule has 0 spiro atoms. The first-order chi connectivity index (χ1) is 8.50. The van der Waals surface area contributed by atoms with E-state index in [1.807, 2.05) is 24.5 Å². The van der Waals surface area contributed by atoms with Crippen LogP contribution in [0.15, 0.2) is 24.5 Å². The van der Waals surface area contributed by atoms with Crippen LogP contribution in [0.25, 0.3) is 11.4 Å². The van der Waals surface area contributed by atoms with Crippen LogP contribution >= 0.6 is 0 Å². The standard InChI is InChI=1S/C12H14N4O2/c1-8(2)15-7-13-14-12(15)10-5-4-9(3)11(6-10)16(17)18/h4-8H,1-3H3. The summed E-state index contributed by atoms with van der Waals surface area (Å²) in [6.07, 6.45) is 1.63. The molecule has 6 nitrogen and oxygen atoms in total. The first-order valence-corrected chi connectivity index (χ1v) is 5.65. The Balaban J connectivity index is 2.54. The van der Waals surface area contributed by atoms with Crippen LogP contribution in [0.2, 0.25) is 0 Å². The molecule has 0 aliphatic heterocycles. The Morgan fingerprint density at radius 2 is 2.11 bits per heavy atom. The molecule has 0 saturated carbocycles. The maximum atomic E-state index is 10.9. The van der Waals surface area contributed by atoms with Crippen molar-refractivity contribution >= 4 is 5.69 Å². The summed E-state index contributed by atoms with van der Waals surface area (Å²) < 4.78 is 1.88. The van der Waals surface area contributed by atoms with Gasteiger partial charge in [0.25, 0.3) is 5.69 Å². The summed E-state index contributed by atoms with van der Waals surface area (Å²) in [6, 6.07) is 5.30. The van der Waals surface area contributed by atoms with Crippen LogP contribution in [0.1, 0.15) is 25.5 Å². The maximum absolute atomic E-state index is 10.9. The Labute approximate surface area is 104 Å². The number of aryl methyl sites for hydroxylation is 1. The van der Waals surface area contributed by atoms with Crippen molar-refractivity contribution in [2.75, 3.05) is 0 Å². The molecule has 0 atom stereocenters. The molecule has 0 bridgehead atoms. The van der Waals surface area contributed by atoms with Crippen molar-refractivity contribution in [2.24, 2.45) is 0 Å². The Bertz CT molecular complexity index is 590. The van der Waals surface area contributed by atoms with Gasteiger partial charge < -0.3 is 4.57 Å². The van der Waals surface area contributed by atoms with Crippen molar-refractivity contribution in [1.29, 1.82) is 0 Å². The van der Waals surface area contributed by atoms with E-state index in [0.717, 1.165) is 0 Å². The summed E-state index contributed by atoms with van der Waals surface area (Å²) in [4.78, 5) is 10.5. The Morgan fingerprint density at radius 3 is 2.72 bits per heavy atom. The smallest absolute Gasteiger partial charge is 0.273 e. The average Bonchev–Trinajstić information content (AvgIpc) is 2.78. The quantitative estimate of drug-likeness (QED) is 0.616. The molecule has 1 aromatic heterocycles. The highest BCUT2D eigenvalue weighted by atomic mass is 16.6. The van der Waals surface area contributed by atoms with Crippen LogP contribution in [0.3, 0.4) is 0 Å². The van der Waals surface area contributed by atoms with Crippen LogP contribution < -0.4 is 0 Å². The van der Waals surface area contributed by atoms with Crippen LogP contribution in [0.4, 0.5) is 5.69 Å². The highest BCUT2D eigenvalue weighted by Crippen LogP contribution is 2.26. The summed E-state index contributed by atoms with van der Waals surface area (Å²) in [7, 11) is 0. The molecule has 18 heavy (non-hydrogen) atoms. The van der Waals surface area contributed by atoms with Gasteiger partial charge in [-0.3, -0.25) is 10.1 Å². The number of nitro groups is 1. The molecule has 1 heterocycles. The van der Waals surface area contributed by atoms with E-state index in [2.05, 4.69) is 10.2 Å². The zero-order valence-corrected chi connectivity index (χ0v) is 10.5. The largest absolute Gasteiger partial charge is 0.311 e. The zero-order chi connectivity index (χ0) is 13.3. The molecule has 0 amide bonds. The fourth-order valence-electron chi connectivity index (χ4n) is 1.77. The van der Waals surface area contributed by atoms with Gasteiger partial charge in [0.2, 0.25) is 0 Å². The van der Waals surface area contributed by atoms with E-state index in [1.54, 1.807) is 19.3 Å². The molecule has 2 aromatic rings. The lowest BCUT2D eigenvalue weighted by Crippen LogP contribution is -2.02. The van der Waals surface area contributed by atoms with E-state index in [1.165, 1.54) is 6.07 Å². The molecule has 2 rings (SSSR count). The van der Waals surface area contributed by atoms with E-state index >= 15 is 0 Å². The minimum Gasteiger partial charge on any atom is -0.311 e. The Hall–Kier alpha value is -2.24. The van der Waals surface area contributed by atoms with Gasteiger partial charge >= 0.3 is 0 Å². The molecule has 0 fully saturated rings. The molecule has 0 unspecified atom stereocenters. The van der Waals surface area contributed by atoms with Crippen molar-refractivity contribution < 1.29 is 4.92 Å². The zero-order valence-electron chi connectivity index (χ0n) is 10.5. The Morgan fingerprint density at radius 1 is 1.39 bits per heavy atom. The third kappa shape index (κ3) is 2.09. The Kier molecular flexibility index (Phi) is 3.10. The van der Waals surface area contributed by atoms with Gasteiger partial charge in [0, 0.05) is 23.2 Å². The van der Waals surface area contributed by atoms with Crippen molar-refractivity contribution in [1.82, 2.24) is 14.8 Å². The highest BCUT2D eigenvalue weighted by molar-refractivity contribution is 5.61. The second-order valence-electron chi connectivity index (χ2n) is 4.41. The number of hydrogen-bond donors (Lipinski definition) is 0. The van der Waals surface area contributed by atoms with Gasteiger partial charge in [-0.1, -0.05) is 12.1 Å². The third-order valence-corrected chi connectivity index (χ3v) is 2.79. The number of rotatable bonds is 3. The van der Waals surface area contributed by atoms with E-state index in [9.17, 15) is 10.1 Å². The lowest BCUT2D eigenvalue weighted by atomic mass is 10.1. The summed E-state index contributed by atoms with van der Waals surface area (Å²) in [5.74, 6) is 0.646. The lowest BCUT2D eigenvalue weighted by Gasteiger charge is -2.10. The average molecular weight is 246 g/mol. The number of aromatic nitrogens is 3. The third-order valence-electron chi connectivity index (χ3n) is 2.79. The predicted octanol–water partition coefficient (Wildman–Crippen LogP) is 2.74. The summed E-state index contributed by atoms with van der Waals surface area (Å²) in [6.45, 7) is 5.74. The summed E-state index contributed by atoms with van der Waals surface area (Å²) in [5, 5.41) is 18.8. The first kappa shape index (κ1) is 12.2. The van der Waals surface area contributed by atoms with E-state index < -0.39 is 0 Å². The topological polar surface area (TPSA) is 73.8 Å². The van der Waals surface area contributed by atoms with Crippen molar-refractivity contribution in [3.05, 3.63) is 40.2 Å². The number of nitro benzene ring substituents is 1. The van der Waals surface area contributed by atoms with Crippen molar-refractivity contribution in [3.8, 4) is 11.4 Å². The maximum Gasteiger partial charge on any atom is 0.273 e. The van der Waals surface area contributed by atoms with Gasteiger partial charge in [-0.2, -0.15) is 0 Å². The molecule has 0 aliphatic carbocycles. The van der Waals surface area contributed by atoms with Gasteiger partial charge in [0.05, 0.1) is 4.92 Å². The van der Waals surface area contributed by atoms with E-state index in [4.69, 9.17) is 0 Å². The number of hydrogen-bond acceptors (Lipinski definition) is 4. The predicted molar refractivity (Wildman–Crippen MR) is 67.2 cm³/mol. The fraction of sp³-hybridized carbons (Fsp3) is 0.333. The van der Waals surface area contributed by atoms with Crippen LogP contribution in [-0.2, 0) is 0 Å². The summed E-state index contributed by atoms with van der Waals surface area (Å²) >= 11 is 0. The van der Waals surface area contributed by atoms with Crippen LogP contribution in [0, 0.1) is 17.0 Å². The van der Waals surface area contributed by atoms with Crippen molar-refractivity contribution in [2.45, 2.75) is 26.8 Å². The van der Waals surface area contributed by atoms with E-state index in [-0.39, 0.29) is 16.7 Å². The second kappa shape index (κ2) is 4.56. The highest BCUT2D eigenvalue weighted by Gasteiger charge is 2.15. The van der Waals surface area contributed by atoms with Gasteiger partial charge in [0.1, 0.15) is 6.33 Å². The summed E-state index contributed by atoms with van der Waals surface area (Å²) in [5.41, 5.74) is 1.45. The molecular formula is C12H14N4O2. The van der Waals surface area contributed by atoms with E-state index in [0.29, 0.717) is 17.0 Å².